The zero-order valence-electron chi connectivity index (χ0n) is 14.0. The Kier molecular flexibility index (Phi) is 5.12. The highest BCUT2D eigenvalue weighted by Gasteiger charge is 2.43. The molecule has 5 nitrogen and oxygen atoms in total. The van der Waals surface area contributed by atoms with Gasteiger partial charge in [0.15, 0.2) is 5.96 Å². The lowest BCUT2D eigenvalue weighted by Gasteiger charge is -2.38. The van der Waals surface area contributed by atoms with Crippen LogP contribution in [0.4, 0.5) is 0 Å². The predicted molar refractivity (Wildman–Crippen MR) is 86.4 cm³/mol. The quantitative estimate of drug-likeness (QED) is 0.634. The van der Waals surface area contributed by atoms with Crippen molar-refractivity contribution in [3.8, 4) is 0 Å². The lowest BCUT2D eigenvalue weighted by molar-refractivity contribution is -0.127. The summed E-state index contributed by atoms with van der Waals surface area (Å²) in [4.78, 5) is 20.3. The summed E-state index contributed by atoms with van der Waals surface area (Å²) in [6.07, 6.45) is 6.42. The molecule has 1 unspecified atom stereocenters. The highest BCUT2D eigenvalue weighted by Crippen LogP contribution is 2.47. The molecule has 2 aliphatic rings. The van der Waals surface area contributed by atoms with Crippen LogP contribution in [0.5, 0.6) is 0 Å². The molecule has 0 aromatic rings. The smallest absolute Gasteiger partial charge is 0.243 e. The summed E-state index contributed by atoms with van der Waals surface area (Å²) in [5.74, 6) is 0.972. The Hall–Kier alpha value is -1.26. The van der Waals surface area contributed by atoms with Gasteiger partial charge in [-0.1, -0.05) is 13.3 Å². The van der Waals surface area contributed by atoms with Crippen molar-refractivity contribution in [3.05, 3.63) is 0 Å². The predicted octanol–water partition coefficient (Wildman–Crippen LogP) is 1.69. The lowest BCUT2D eigenvalue weighted by atomic mass is 9.68. The SMILES string of the molecule is CCC(C)NC(=NCC(=O)N(C)C)N1CCC2(CCC2)C1. The third kappa shape index (κ3) is 3.89. The first kappa shape index (κ1) is 16.1. The second-order valence-corrected chi connectivity index (χ2v) is 6.91. The minimum atomic E-state index is 0.0519. The molecule has 2 fully saturated rings. The van der Waals surface area contributed by atoms with Crippen LogP contribution in [-0.4, -0.2) is 61.4 Å². The first-order chi connectivity index (χ1) is 9.96. The van der Waals surface area contributed by atoms with Crippen molar-refractivity contribution in [2.75, 3.05) is 33.7 Å². The van der Waals surface area contributed by atoms with Gasteiger partial charge in [-0.2, -0.15) is 0 Å². The van der Waals surface area contributed by atoms with E-state index in [1.165, 1.54) is 25.7 Å². The molecule has 1 atom stereocenters. The van der Waals surface area contributed by atoms with E-state index < -0.39 is 0 Å². The summed E-state index contributed by atoms with van der Waals surface area (Å²) in [5, 5.41) is 3.49. The van der Waals surface area contributed by atoms with E-state index >= 15 is 0 Å². The zero-order valence-corrected chi connectivity index (χ0v) is 14.0. The van der Waals surface area contributed by atoms with Crippen LogP contribution >= 0.6 is 0 Å². The maximum absolute atomic E-state index is 11.8. The van der Waals surface area contributed by atoms with Crippen LogP contribution in [0, 0.1) is 5.41 Å². The fourth-order valence-electron chi connectivity index (χ4n) is 3.04. The molecular formula is C16H30N4O. The van der Waals surface area contributed by atoms with E-state index in [1.807, 2.05) is 0 Å². The number of rotatable bonds is 4. The average Bonchev–Trinajstić information content (AvgIpc) is 2.87. The summed E-state index contributed by atoms with van der Waals surface area (Å²) < 4.78 is 0. The van der Waals surface area contributed by atoms with Gasteiger partial charge < -0.3 is 15.1 Å². The lowest BCUT2D eigenvalue weighted by Crippen LogP contribution is -2.46. The van der Waals surface area contributed by atoms with E-state index in [-0.39, 0.29) is 12.5 Å². The molecule has 1 amide bonds. The monoisotopic (exact) mass is 294 g/mol. The Morgan fingerprint density at radius 2 is 2.10 bits per heavy atom. The number of hydrogen-bond acceptors (Lipinski definition) is 2. The van der Waals surface area contributed by atoms with Crippen LogP contribution < -0.4 is 5.32 Å². The first-order valence-electron chi connectivity index (χ1n) is 8.22. The van der Waals surface area contributed by atoms with Crippen LogP contribution in [0.1, 0.15) is 46.0 Å². The van der Waals surface area contributed by atoms with Crippen molar-refractivity contribution in [2.45, 2.75) is 52.0 Å². The molecule has 120 valence electrons. The molecule has 0 bridgehead atoms. The fourth-order valence-corrected chi connectivity index (χ4v) is 3.04. The molecule has 1 heterocycles. The minimum Gasteiger partial charge on any atom is -0.354 e. The molecule has 1 N–H and O–H groups in total. The molecule has 5 heteroatoms. The number of guanidine groups is 1. The highest BCUT2D eigenvalue weighted by molar-refractivity contribution is 5.85. The minimum absolute atomic E-state index is 0.0519. The van der Waals surface area contributed by atoms with E-state index in [1.54, 1.807) is 19.0 Å². The summed E-state index contributed by atoms with van der Waals surface area (Å²) in [6.45, 7) is 6.73. The van der Waals surface area contributed by atoms with Crippen molar-refractivity contribution < 1.29 is 4.79 Å². The molecule has 1 saturated heterocycles. The Balaban J connectivity index is 2.01. The number of carbonyl (C=O) groups is 1. The number of nitrogens with zero attached hydrogens (tertiary/aromatic N) is 3. The Bertz CT molecular complexity index is 401. The highest BCUT2D eigenvalue weighted by atomic mass is 16.2. The molecule has 2 rings (SSSR count). The second kappa shape index (κ2) is 6.67. The van der Waals surface area contributed by atoms with Crippen molar-refractivity contribution in [1.82, 2.24) is 15.1 Å². The van der Waals surface area contributed by atoms with E-state index in [0.29, 0.717) is 11.5 Å². The van der Waals surface area contributed by atoms with Gasteiger partial charge in [0, 0.05) is 33.2 Å². The molecule has 1 spiro atoms. The fraction of sp³-hybridized carbons (Fsp3) is 0.875. The van der Waals surface area contributed by atoms with Gasteiger partial charge in [-0.05, 0) is 38.0 Å². The van der Waals surface area contributed by atoms with Gasteiger partial charge in [0.1, 0.15) is 6.54 Å². The molecular weight excluding hydrogens is 264 g/mol. The molecule has 0 aromatic heterocycles. The number of carbonyl (C=O) groups excluding carboxylic acids is 1. The molecule has 0 aromatic carbocycles. The van der Waals surface area contributed by atoms with Crippen LogP contribution in [-0.2, 0) is 4.79 Å². The van der Waals surface area contributed by atoms with Crippen LogP contribution in [0.3, 0.4) is 0 Å². The number of likely N-dealkylation sites (N-methyl/N-ethyl adjacent to an activating group) is 1. The average molecular weight is 294 g/mol. The van der Waals surface area contributed by atoms with Gasteiger partial charge in [-0.25, -0.2) is 4.99 Å². The number of likely N-dealkylation sites (tertiary alicyclic amines) is 1. The molecule has 1 saturated carbocycles. The van der Waals surface area contributed by atoms with Gasteiger partial charge in [-0.15, -0.1) is 0 Å². The third-order valence-electron chi connectivity index (χ3n) is 5.00. The first-order valence-corrected chi connectivity index (χ1v) is 8.22. The Labute approximate surface area is 128 Å². The van der Waals surface area contributed by atoms with Crippen LogP contribution in [0.2, 0.25) is 0 Å². The van der Waals surface area contributed by atoms with Crippen LogP contribution in [0.25, 0.3) is 0 Å². The van der Waals surface area contributed by atoms with Gasteiger partial charge in [-0.3, -0.25) is 4.79 Å². The number of aliphatic imine (C=N–C) groups is 1. The Morgan fingerprint density at radius 1 is 1.38 bits per heavy atom. The van der Waals surface area contributed by atoms with E-state index in [2.05, 4.69) is 29.1 Å². The number of nitrogens with one attached hydrogen (secondary N) is 1. The molecule has 21 heavy (non-hydrogen) atoms. The van der Waals surface area contributed by atoms with Crippen molar-refractivity contribution in [3.63, 3.8) is 0 Å². The summed E-state index contributed by atoms with van der Waals surface area (Å²) in [7, 11) is 3.55. The van der Waals surface area contributed by atoms with E-state index in [9.17, 15) is 4.79 Å². The topological polar surface area (TPSA) is 47.9 Å². The largest absolute Gasteiger partial charge is 0.354 e. The van der Waals surface area contributed by atoms with Crippen molar-refractivity contribution in [2.24, 2.45) is 10.4 Å². The summed E-state index contributed by atoms with van der Waals surface area (Å²) >= 11 is 0. The van der Waals surface area contributed by atoms with Gasteiger partial charge >= 0.3 is 0 Å². The maximum atomic E-state index is 11.8. The van der Waals surface area contributed by atoms with Crippen LogP contribution in [0.15, 0.2) is 4.99 Å². The number of hydrogen-bond donors (Lipinski definition) is 1. The molecule has 1 aliphatic heterocycles. The number of amides is 1. The Morgan fingerprint density at radius 3 is 2.57 bits per heavy atom. The van der Waals surface area contributed by atoms with Gasteiger partial charge in [0.05, 0.1) is 0 Å². The van der Waals surface area contributed by atoms with E-state index in [4.69, 9.17) is 0 Å². The summed E-state index contributed by atoms with van der Waals surface area (Å²) in [5.41, 5.74) is 0.545. The zero-order chi connectivity index (χ0) is 15.5. The maximum Gasteiger partial charge on any atom is 0.243 e. The second-order valence-electron chi connectivity index (χ2n) is 6.91. The van der Waals surface area contributed by atoms with Gasteiger partial charge in [0.2, 0.25) is 5.91 Å². The molecule has 0 radical (unpaired) electrons. The normalized spacial score (nSPS) is 22.1. The van der Waals surface area contributed by atoms with Crippen molar-refractivity contribution >= 4 is 11.9 Å². The van der Waals surface area contributed by atoms with Gasteiger partial charge in [0.25, 0.3) is 0 Å². The van der Waals surface area contributed by atoms with E-state index in [0.717, 1.165) is 25.5 Å². The molecule has 1 aliphatic carbocycles. The third-order valence-corrected chi connectivity index (χ3v) is 5.00. The van der Waals surface area contributed by atoms with Crippen molar-refractivity contribution in [1.29, 1.82) is 0 Å². The standard InChI is InChI=1S/C16H30N4O/c1-5-13(2)18-15(17-11-14(21)19(3)4)20-10-9-16(12-20)7-6-8-16/h13H,5-12H2,1-4H3,(H,17,18). The summed E-state index contributed by atoms with van der Waals surface area (Å²) in [6, 6.07) is 0.385.